The van der Waals surface area contributed by atoms with Crippen molar-refractivity contribution in [2.45, 2.75) is 19.5 Å². The molecule has 0 bridgehead atoms. The fraction of sp³-hybridized carbons (Fsp3) is 1.00. The first-order valence-electron chi connectivity index (χ1n) is 5.49. The van der Waals surface area contributed by atoms with E-state index in [1.165, 1.54) is 0 Å². The first-order valence-corrected chi connectivity index (χ1v) is 5.49. The Hall–Kier alpha value is -0.330. The normalized spacial score (nSPS) is 12.4. The molecule has 0 aromatic rings. The molecule has 0 aliphatic rings. The van der Waals surface area contributed by atoms with E-state index in [1.807, 2.05) is 11.9 Å². The van der Waals surface area contributed by atoms with Crippen molar-refractivity contribution in [3.63, 3.8) is 0 Å². The molecule has 0 heterocycles. The van der Waals surface area contributed by atoms with Crippen LogP contribution in [0.25, 0.3) is 0 Å². The van der Waals surface area contributed by atoms with E-state index in [9.17, 15) is 13.2 Å². The molecule has 3 nitrogen and oxygen atoms in total. The van der Waals surface area contributed by atoms with Crippen LogP contribution in [0.4, 0.5) is 13.2 Å². The van der Waals surface area contributed by atoms with Gasteiger partial charge in [-0.3, -0.25) is 0 Å². The molecule has 0 rings (SSSR count). The zero-order valence-electron chi connectivity index (χ0n) is 9.94. The SMILES string of the molecule is CCCNCCN(C)CCOCC(F)(F)F. The van der Waals surface area contributed by atoms with Gasteiger partial charge in [-0.1, -0.05) is 6.92 Å². The number of hydrogen-bond acceptors (Lipinski definition) is 3. The standard InChI is InChI=1S/C10H21F3N2O/c1-3-4-14-5-6-15(2)7-8-16-9-10(11,12)13/h14H,3-9H2,1-2H3. The van der Waals surface area contributed by atoms with Crippen LogP contribution in [-0.4, -0.2) is 57.5 Å². The maximum Gasteiger partial charge on any atom is 0.411 e. The summed E-state index contributed by atoms with van der Waals surface area (Å²) in [4.78, 5) is 1.94. The van der Waals surface area contributed by atoms with Gasteiger partial charge in [0.25, 0.3) is 0 Å². The van der Waals surface area contributed by atoms with Crippen molar-refractivity contribution in [1.29, 1.82) is 0 Å². The van der Waals surface area contributed by atoms with Crippen LogP contribution < -0.4 is 5.32 Å². The number of hydrogen-bond donors (Lipinski definition) is 1. The van der Waals surface area contributed by atoms with E-state index in [-0.39, 0.29) is 6.61 Å². The summed E-state index contributed by atoms with van der Waals surface area (Å²) in [6.07, 6.45) is -3.14. The van der Waals surface area contributed by atoms with E-state index >= 15 is 0 Å². The average molecular weight is 242 g/mol. The van der Waals surface area contributed by atoms with Gasteiger partial charge >= 0.3 is 6.18 Å². The maximum atomic E-state index is 11.7. The van der Waals surface area contributed by atoms with Crippen molar-refractivity contribution in [2.75, 3.05) is 46.4 Å². The molecule has 0 spiro atoms. The van der Waals surface area contributed by atoms with E-state index in [2.05, 4.69) is 17.0 Å². The van der Waals surface area contributed by atoms with E-state index in [4.69, 9.17) is 0 Å². The summed E-state index contributed by atoms with van der Waals surface area (Å²) in [5.74, 6) is 0. The predicted molar refractivity (Wildman–Crippen MR) is 57.5 cm³/mol. The van der Waals surface area contributed by atoms with Gasteiger partial charge in [0.05, 0.1) is 6.61 Å². The monoisotopic (exact) mass is 242 g/mol. The Labute approximate surface area is 94.9 Å². The second-order valence-corrected chi connectivity index (χ2v) is 3.72. The molecular weight excluding hydrogens is 221 g/mol. The second-order valence-electron chi connectivity index (χ2n) is 3.72. The molecule has 0 aromatic heterocycles. The molecule has 0 aromatic carbocycles. The van der Waals surface area contributed by atoms with Gasteiger partial charge < -0.3 is 15.0 Å². The minimum Gasteiger partial charge on any atom is -0.371 e. The Balaban J connectivity index is 3.27. The van der Waals surface area contributed by atoms with Crippen LogP contribution in [-0.2, 0) is 4.74 Å². The summed E-state index contributed by atoms with van der Waals surface area (Å²) in [5.41, 5.74) is 0. The van der Waals surface area contributed by atoms with Crippen molar-refractivity contribution < 1.29 is 17.9 Å². The maximum absolute atomic E-state index is 11.7. The summed E-state index contributed by atoms with van der Waals surface area (Å²) in [6, 6.07) is 0. The van der Waals surface area contributed by atoms with Crippen LogP contribution in [0.1, 0.15) is 13.3 Å². The zero-order valence-corrected chi connectivity index (χ0v) is 9.94. The van der Waals surface area contributed by atoms with Crippen molar-refractivity contribution in [2.24, 2.45) is 0 Å². The quantitative estimate of drug-likeness (QED) is 0.620. The lowest BCUT2D eigenvalue weighted by molar-refractivity contribution is -0.174. The highest BCUT2D eigenvalue weighted by Gasteiger charge is 2.27. The lowest BCUT2D eigenvalue weighted by Gasteiger charge is -2.17. The smallest absolute Gasteiger partial charge is 0.371 e. The lowest BCUT2D eigenvalue weighted by atomic mass is 10.4. The van der Waals surface area contributed by atoms with Gasteiger partial charge in [-0.2, -0.15) is 13.2 Å². The minimum absolute atomic E-state index is 0.115. The highest BCUT2D eigenvalue weighted by Crippen LogP contribution is 2.13. The first-order chi connectivity index (χ1) is 7.45. The zero-order chi connectivity index (χ0) is 12.4. The van der Waals surface area contributed by atoms with Gasteiger partial charge in [-0.25, -0.2) is 0 Å². The van der Waals surface area contributed by atoms with Crippen molar-refractivity contribution in [3.05, 3.63) is 0 Å². The summed E-state index contributed by atoms with van der Waals surface area (Å²) < 4.78 is 39.7. The Morgan fingerprint density at radius 1 is 1.19 bits per heavy atom. The van der Waals surface area contributed by atoms with Crippen LogP contribution in [0.5, 0.6) is 0 Å². The molecule has 0 saturated heterocycles. The second kappa shape index (κ2) is 8.78. The summed E-state index contributed by atoms with van der Waals surface area (Å²) in [6.45, 7) is 4.20. The summed E-state index contributed by atoms with van der Waals surface area (Å²) in [7, 11) is 1.87. The number of rotatable bonds is 9. The highest BCUT2D eigenvalue weighted by molar-refractivity contribution is 4.54. The number of nitrogens with zero attached hydrogens (tertiary/aromatic N) is 1. The molecule has 6 heteroatoms. The third-order valence-electron chi connectivity index (χ3n) is 1.98. The Kier molecular flexibility index (Phi) is 8.60. The largest absolute Gasteiger partial charge is 0.411 e. The predicted octanol–water partition coefficient (Wildman–Crippen LogP) is 1.50. The Bertz CT molecular complexity index is 165. The third kappa shape index (κ3) is 11.7. The fourth-order valence-electron chi connectivity index (χ4n) is 1.09. The minimum atomic E-state index is -4.22. The van der Waals surface area contributed by atoms with E-state index in [0.29, 0.717) is 6.54 Å². The molecule has 0 atom stereocenters. The molecule has 1 N–H and O–H groups in total. The van der Waals surface area contributed by atoms with Crippen LogP contribution in [0.15, 0.2) is 0 Å². The Morgan fingerprint density at radius 3 is 2.44 bits per heavy atom. The molecule has 0 amide bonds. The molecule has 0 fully saturated rings. The van der Waals surface area contributed by atoms with Gasteiger partial charge in [0.15, 0.2) is 0 Å². The molecule has 0 saturated carbocycles. The third-order valence-corrected chi connectivity index (χ3v) is 1.98. The van der Waals surface area contributed by atoms with Crippen LogP contribution in [0.2, 0.25) is 0 Å². The topological polar surface area (TPSA) is 24.5 Å². The molecule has 0 radical (unpaired) electrons. The van der Waals surface area contributed by atoms with Crippen molar-refractivity contribution in [1.82, 2.24) is 10.2 Å². The van der Waals surface area contributed by atoms with Crippen molar-refractivity contribution >= 4 is 0 Å². The number of ether oxygens (including phenoxy) is 1. The average Bonchev–Trinajstić information content (AvgIpc) is 2.18. The van der Waals surface area contributed by atoms with Crippen LogP contribution in [0, 0.1) is 0 Å². The lowest BCUT2D eigenvalue weighted by Crippen LogP contribution is -2.32. The van der Waals surface area contributed by atoms with Gasteiger partial charge in [0.2, 0.25) is 0 Å². The Morgan fingerprint density at radius 2 is 1.88 bits per heavy atom. The number of nitrogens with one attached hydrogen (secondary N) is 1. The van der Waals surface area contributed by atoms with E-state index < -0.39 is 12.8 Å². The van der Waals surface area contributed by atoms with Crippen molar-refractivity contribution in [3.8, 4) is 0 Å². The highest BCUT2D eigenvalue weighted by atomic mass is 19.4. The number of alkyl halides is 3. The fourth-order valence-corrected chi connectivity index (χ4v) is 1.09. The van der Waals surface area contributed by atoms with Gasteiger partial charge in [-0.15, -0.1) is 0 Å². The molecule has 98 valence electrons. The molecule has 16 heavy (non-hydrogen) atoms. The van der Waals surface area contributed by atoms with Gasteiger partial charge in [0, 0.05) is 19.6 Å². The molecule has 0 aliphatic heterocycles. The molecular formula is C10H21F3N2O. The summed E-state index contributed by atoms with van der Waals surface area (Å²) >= 11 is 0. The summed E-state index contributed by atoms with van der Waals surface area (Å²) in [5, 5.41) is 3.22. The van der Waals surface area contributed by atoms with Gasteiger partial charge in [0.1, 0.15) is 6.61 Å². The van der Waals surface area contributed by atoms with Gasteiger partial charge in [-0.05, 0) is 20.0 Å². The number of halogens is 3. The molecule has 0 unspecified atom stereocenters. The molecule has 0 aliphatic carbocycles. The van der Waals surface area contributed by atoms with E-state index in [1.54, 1.807) is 0 Å². The first kappa shape index (κ1) is 15.7. The number of likely N-dealkylation sites (N-methyl/N-ethyl adjacent to an activating group) is 1. The van der Waals surface area contributed by atoms with Crippen LogP contribution in [0.3, 0.4) is 0 Å². The van der Waals surface area contributed by atoms with Crippen LogP contribution >= 0.6 is 0 Å². The van der Waals surface area contributed by atoms with E-state index in [0.717, 1.165) is 26.1 Å².